The third-order valence-electron chi connectivity index (χ3n) is 9.33. The molecule has 18 heteroatoms. The minimum atomic E-state index is -1.80. The van der Waals surface area contributed by atoms with E-state index < -0.39 is 127 Å². The highest BCUT2D eigenvalue weighted by Crippen LogP contribution is 2.36. The van der Waals surface area contributed by atoms with Crippen molar-refractivity contribution < 1.29 is 80.9 Å². The molecular weight excluding hydrogens is 802 g/mol. The minimum Gasteiger partial charge on any atom is -0.463 e. The van der Waals surface area contributed by atoms with Gasteiger partial charge in [0.05, 0.1) is 17.4 Å². The molecule has 336 valence electrons. The molecule has 0 spiro atoms. The Labute approximate surface area is 354 Å². The maximum Gasteiger partial charge on any atom is 0.311 e. The summed E-state index contributed by atoms with van der Waals surface area (Å²) in [5, 5.41) is 4.69. The van der Waals surface area contributed by atoms with Gasteiger partial charge >= 0.3 is 35.8 Å². The number of ether oxygens (including phenoxy) is 10. The Balaban J connectivity index is 1.89. The molecule has 0 aromatic heterocycles. The fraction of sp³-hybridized carbons (Fsp3) is 0.605. The maximum atomic E-state index is 13.8. The number of hydrogen-bond donors (Lipinski definition) is 1. The van der Waals surface area contributed by atoms with Crippen molar-refractivity contribution in [2.75, 3.05) is 13.2 Å². The second kappa shape index (κ2) is 20.6. The highest BCUT2D eigenvalue weighted by molar-refractivity contribution is 5.83. The summed E-state index contributed by atoms with van der Waals surface area (Å²) < 4.78 is 59.6. The highest BCUT2D eigenvalue weighted by Gasteiger charge is 2.57. The van der Waals surface area contributed by atoms with Crippen molar-refractivity contribution in [1.29, 1.82) is 0 Å². The van der Waals surface area contributed by atoms with Crippen LogP contribution in [0.15, 0.2) is 42.5 Å². The zero-order chi connectivity index (χ0) is 45.4. The number of amides is 1. The van der Waals surface area contributed by atoms with Crippen molar-refractivity contribution in [3.05, 3.63) is 48.0 Å². The fourth-order valence-electron chi connectivity index (χ4n) is 6.51. The zero-order valence-electron chi connectivity index (χ0n) is 36.4. The molecule has 0 unspecified atom stereocenters. The number of nitrogens with one attached hydrogen (secondary N) is 1. The summed E-state index contributed by atoms with van der Waals surface area (Å²) in [4.78, 5) is 89.6. The Morgan fingerprint density at radius 1 is 0.574 bits per heavy atom. The first-order valence-electron chi connectivity index (χ1n) is 19.8. The molecule has 18 nitrogen and oxygen atoms in total. The van der Waals surface area contributed by atoms with Gasteiger partial charge in [-0.1, -0.05) is 36.4 Å². The summed E-state index contributed by atoms with van der Waals surface area (Å²) in [5.74, 6) is -5.33. The standard InChI is InChI=1S/C43H57NO17/c1-22(45)44-32-35(60-39-37(57-26(5)49)36(56-25(4)48)34(55-24(3)47)30(59-39)20-52-23(2)46)33(61-41(51)43(9,10)11)31(21-54-40(50)42(6,7)8)58-38(32)53-19-27-16-17-28-14-12-13-15-29(28)18-27/h12-18,30-39H,19-21H2,1-11H3,(H,44,45)/t30-,31-,32-,33+,34+,35-,36+,37-,38-,39+/m1/s1. The lowest BCUT2D eigenvalue weighted by Crippen LogP contribution is -2.69. The summed E-state index contributed by atoms with van der Waals surface area (Å²) in [7, 11) is 0. The van der Waals surface area contributed by atoms with Crippen LogP contribution in [0.5, 0.6) is 0 Å². The van der Waals surface area contributed by atoms with Gasteiger partial charge in [0.1, 0.15) is 37.6 Å². The van der Waals surface area contributed by atoms with Crippen LogP contribution in [0.3, 0.4) is 0 Å². The van der Waals surface area contributed by atoms with E-state index in [9.17, 15) is 33.6 Å². The normalized spacial score (nSPS) is 26.6. The van der Waals surface area contributed by atoms with E-state index in [0.29, 0.717) is 0 Å². The molecule has 2 aromatic rings. The van der Waals surface area contributed by atoms with Crippen molar-refractivity contribution in [2.24, 2.45) is 10.8 Å². The van der Waals surface area contributed by atoms with Gasteiger partial charge in [-0.15, -0.1) is 0 Å². The maximum absolute atomic E-state index is 13.8. The van der Waals surface area contributed by atoms with Crippen LogP contribution in [0.1, 0.15) is 81.7 Å². The van der Waals surface area contributed by atoms with Gasteiger partial charge in [-0.25, -0.2) is 0 Å². The van der Waals surface area contributed by atoms with Crippen molar-refractivity contribution in [2.45, 2.75) is 144 Å². The lowest BCUT2D eigenvalue weighted by molar-refractivity contribution is -0.348. The molecule has 2 heterocycles. The van der Waals surface area contributed by atoms with E-state index in [1.807, 2.05) is 42.5 Å². The predicted octanol–water partition coefficient (Wildman–Crippen LogP) is 3.60. The molecule has 2 aliphatic rings. The van der Waals surface area contributed by atoms with E-state index >= 15 is 0 Å². The molecule has 2 fully saturated rings. The van der Waals surface area contributed by atoms with Crippen molar-refractivity contribution >= 4 is 52.5 Å². The summed E-state index contributed by atoms with van der Waals surface area (Å²) in [5.41, 5.74) is -1.35. The molecule has 0 saturated carbocycles. The molecular formula is C43H57NO17. The quantitative estimate of drug-likeness (QED) is 0.212. The number of carbonyl (C=O) groups is 7. The van der Waals surface area contributed by atoms with Crippen molar-refractivity contribution in [3.63, 3.8) is 0 Å². The lowest BCUT2D eigenvalue weighted by atomic mass is 9.93. The van der Waals surface area contributed by atoms with Gasteiger partial charge in [0.25, 0.3) is 0 Å². The Morgan fingerprint density at radius 3 is 1.66 bits per heavy atom. The first-order chi connectivity index (χ1) is 28.4. The predicted molar refractivity (Wildman–Crippen MR) is 212 cm³/mol. The van der Waals surface area contributed by atoms with Gasteiger partial charge in [-0.3, -0.25) is 33.6 Å². The summed E-state index contributed by atoms with van der Waals surface area (Å²) in [6.07, 6.45) is -13.9. The van der Waals surface area contributed by atoms with E-state index in [0.717, 1.165) is 44.0 Å². The van der Waals surface area contributed by atoms with Crippen LogP contribution in [-0.2, 0) is 87.5 Å². The summed E-state index contributed by atoms with van der Waals surface area (Å²) in [6, 6.07) is 12.0. The number of benzene rings is 2. The van der Waals surface area contributed by atoms with Gasteiger partial charge in [-0.2, -0.15) is 0 Å². The molecule has 0 bridgehead atoms. The summed E-state index contributed by atoms with van der Waals surface area (Å²) in [6.45, 7) is 14.2. The molecule has 1 N–H and O–H groups in total. The van der Waals surface area contributed by atoms with Crippen LogP contribution in [0.25, 0.3) is 10.8 Å². The number of rotatable bonds is 14. The summed E-state index contributed by atoms with van der Waals surface area (Å²) >= 11 is 0. The van der Waals surface area contributed by atoms with Crippen LogP contribution in [0.2, 0.25) is 0 Å². The number of hydrogen-bond acceptors (Lipinski definition) is 17. The first kappa shape index (κ1) is 48.5. The van der Waals surface area contributed by atoms with Gasteiger partial charge in [0.15, 0.2) is 37.0 Å². The Kier molecular flexibility index (Phi) is 16.4. The number of fused-ring (bicyclic) bond motifs is 1. The molecule has 2 aromatic carbocycles. The smallest absolute Gasteiger partial charge is 0.311 e. The van der Waals surface area contributed by atoms with E-state index in [1.54, 1.807) is 41.5 Å². The third-order valence-corrected chi connectivity index (χ3v) is 9.33. The van der Waals surface area contributed by atoms with Crippen molar-refractivity contribution in [1.82, 2.24) is 5.32 Å². The monoisotopic (exact) mass is 859 g/mol. The topological polar surface area (TPSA) is 224 Å². The van der Waals surface area contributed by atoms with E-state index in [2.05, 4.69) is 5.32 Å². The van der Waals surface area contributed by atoms with E-state index in [-0.39, 0.29) is 6.61 Å². The second-order valence-electron chi connectivity index (χ2n) is 16.9. The van der Waals surface area contributed by atoms with Gasteiger partial charge < -0.3 is 52.7 Å². The first-order valence-corrected chi connectivity index (χ1v) is 19.8. The van der Waals surface area contributed by atoms with Crippen LogP contribution in [-0.4, -0.2) is 116 Å². The molecule has 4 rings (SSSR count). The number of carbonyl (C=O) groups excluding carboxylic acids is 7. The van der Waals surface area contributed by atoms with Crippen LogP contribution in [0, 0.1) is 10.8 Å². The molecule has 2 saturated heterocycles. The molecule has 1 amide bonds. The van der Waals surface area contributed by atoms with Gasteiger partial charge in [-0.05, 0) is 63.9 Å². The van der Waals surface area contributed by atoms with E-state index in [1.165, 1.54) is 6.92 Å². The average Bonchev–Trinajstić information content (AvgIpc) is 3.14. The van der Waals surface area contributed by atoms with Crippen LogP contribution >= 0.6 is 0 Å². The number of esters is 6. The van der Waals surface area contributed by atoms with Crippen LogP contribution in [0.4, 0.5) is 0 Å². The van der Waals surface area contributed by atoms with E-state index in [4.69, 9.17) is 47.4 Å². The molecule has 0 radical (unpaired) electrons. The Bertz CT molecular complexity index is 1920. The molecule has 0 aliphatic carbocycles. The zero-order valence-corrected chi connectivity index (χ0v) is 36.4. The van der Waals surface area contributed by atoms with Gasteiger partial charge in [0, 0.05) is 34.6 Å². The van der Waals surface area contributed by atoms with Crippen molar-refractivity contribution in [3.8, 4) is 0 Å². The second-order valence-corrected chi connectivity index (χ2v) is 16.9. The molecule has 10 atom stereocenters. The SMILES string of the molecule is CC(=O)N[C@H]1[C@H](OCc2ccc3ccccc3c2)O[C@H](COC(=O)C(C)(C)C)[C@H](OC(=O)C(C)(C)C)[C@@H]1O[C@@H]1O[C@H](COC(C)=O)[C@H](OC(C)=O)[C@H](OC(C)=O)[C@H]1OC(C)=O. The average molecular weight is 860 g/mol. The van der Waals surface area contributed by atoms with Gasteiger partial charge in [0.2, 0.25) is 5.91 Å². The minimum absolute atomic E-state index is 0.0711. The third kappa shape index (κ3) is 13.7. The fourth-order valence-corrected chi connectivity index (χ4v) is 6.51. The lowest BCUT2D eigenvalue weighted by Gasteiger charge is -2.49. The highest BCUT2D eigenvalue weighted by atomic mass is 16.8. The largest absolute Gasteiger partial charge is 0.463 e. The van der Waals surface area contributed by atoms with Crippen LogP contribution < -0.4 is 5.32 Å². The Morgan fingerprint density at radius 2 is 1.10 bits per heavy atom. The Hall–Kier alpha value is -5.17. The molecule has 61 heavy (non-hydrogen) atoms. The molecule has 2 aliphatic heterocycles.